The molecule has 0 unspecified atom stereocenters. The fourth-order valence-corrected chi connectivity index (χ4v) is 1.02. The van der Waals surface area contributed by atoms with Crippen LogP contribution in [0.3, 0.4) is 0 Å². The van der Waals surface area contributed by atoms with E-state index in [1.165, 1.54) is 16.7 Å². The summed E-state index contributed by atoms with van der Waals surface area (Å²) in [5, 5.41) is 0. The van der Waals surface area contributed by atoms with Crippen molar-refractivity contribution in [1.82, 2.24) is 4.57 Å². The molecule has 4 heteroatoms. The Labute approximate surface area is 87.8 Å². The molecule has 0 aliphatic rings. The van der Waals surface area contributed by atoms with E-state index in [1.54, 1.807) is 32.3 Å². The number of aryl methyl sites for hydroxylation is 1. The summed E-state index contributed by atoms with van der Waals surface area (Å²) in [5.41, 5.74) is 0.576. The Balaban J connectivity index is 2.77. The smallest absolute Gasteiger partial charge is 0.330 e. The highest BCUT2D eigenvalue weighted by Gasteiger charge is 1.95. The third-order valence-corrected chi connectivity index (χ3v) is 1.83. The topological polar surface area (TPSA) is 48.3 Å². The second kappa shape index (κ2) is 5.14. The molecule has 4 nitrogen and oxygen atoms in total. The Morgan fingerprint density at radius 1 is 1.60 bits per heavy atom. The molecule has 0 aliphatic carbocycles. The molecule has 0 spiro atoms. The summed E-state index contributed by atoms with van der Waals surface area (Å²) in [5.74, 6) is -0.404. The van der Waals surface area contributed by atoms with E-state index in [4.69, 9.17) is 4.74 Å². The van der Waals surface area contributed by atoms with Crippen LogP contribution in [0, 0.1) is 0 Å². The van der Waals surface area contributed by atoms with Crippen LogP contribution in [0.1, 0.15) is 12.5 Å². The molecule has 15 heavy (non-hydrogen) atoms. The predicted molar refractivity (Wildman–Crippen MR) is 57.4 cm³/mol. The first kappa shape index (κ1) is 11.2. The Bertz CT molecular complexity index is 432. The number of aromatic nitrogens is 1. The van der Waals surface area contributed by atoms with Crippen molar-refractivity contribution in [3.05, 3.63) is 40.3 Å². The highest BCUT2D eigenvalue weighted by Crippen LogP contribution is 1.97. The van der Waals surface area contributed by atoms with Gasteiger partial charge in [0.2, 0.25) is 0 Å². The van der Waals surface area contributed by atoms with Crippen LogP contribution in [0.25, 0.3) is 6.08 Å². The summed E-state index contributed by atoms with van der Waals surface area (Å²) in [7, 11) is 1.67. The average molecular weight is 207 g/mol. The van der Waals surface area contributed by atoms with Crippen molar-refractivity contribution in [3.63, 3.8) is 0 Å². The van der Waals surface area contributed by atoms with E-state index in [-0.39, 0.29) is 5.56 Å². The summed E-state index contributed by atoms with van der Waals surface area (Å²) in [6.07, 6.45) is 4.50. The van der Waals surface area contributed by atoms with Crippen molar-refractivity contribution in [2.45, 2.75) is 6.92 Å². The first-order chi connectivity index (χ1) is 7.13. The molecule has 0 amide bonds. The molecule has 0 saturated carbocycles. The van der Waals surface area contributed by atoms with Gasteiger partial charge in [0.15, 0.2) is 0 Å². The van der Waals surface area contributed by atoms with Crippen molar-refractivity contribution >= 4 is 12.0 Å². The number of nitrogens with zero attached hydrogens (tertiary/aromatic N) is 1. The Hall–Kier alpha value is -1.84. The van der Waals surface area contributed by atoms with Gasteiger partial charge in [-0.15, -0.1) is 0 Å². The molecule has 0 N–H and O–H groups in total. The second-order valence-electron chi connectivity index (χ2n) is 2.99. The van der Waals surface area contributed by atoms with Crippen molar-refractivity contribution < 1.29 is 9.53 Å². The largest absolute Gasteiger partial charge is 0.463 e. The van der Waals surface area contributed by atoms with Gasteiger partial charge in [-0.25, -0.2) is 4.79 Å². The summed E-state index contributed by atoms with van der Waals surface area (Å²) in [4.78, 5) is 22.2. The van der Waals surface area contributed by atoms with Gasteiger partial charge in [-0.3, -0.25) is 4.79 Å². The molecule has 0 aromatic carbocycles. The lowest BCUT2D eigenvalue weighted by Gasteiger charge is -1.97. The molecule has 1 rings (SSSR count). The minimum absolute atomic E-state index is 0.110. The number of hydrogen-bond acceptors (Lipinski definition) is 3. The maximum Gasteiger partial charge on any atom is 0.330 e. The lowest BCUT2D eigenvalue weighted by Crippen LogP contribution is -2.14. The summed E-state index contributed by atoms with van der Waals surface area (Å²) < 4.78 is 6.17. The fourth-order valence-electron chi connectivity index (χ4n) is 1.02. The van der Waals surface area contributed by atoms with Gasteiger partial charge in [-0.05, 0) is 24.6 Å². The quantitative estimate of drug-likeness (QED) is 0.548. The number of rotatable bonds is 3. The zero-order valence-corrected chi connectivity index (χ0v) is 8.77. The van der Waals surface area contributed by atoms with E-state index in [1.807, 2.05) is 0 Å². The number of carbonyl (C=O) groups excluding carboxylic acids is 1. The van der Waals surface area contributed by atoms with E-state index in [0.717, 1.165) is 0 Å². The standard InChI is InChI=1S/C11H13NO3/c1-3-15-11(14)5-4-9-6-7-12(2)10(13)8-9/h4-8H,3H2,1-2H3. The van der Waals surface area contributed by atoms with Crippen LogP contribution < -0.4 is 5.56 Å². The zero-order valence-electron chi connectivity index (χ0n) is 8.77. The van der Waals surface area contributed by atoms with E-state index < -0.39 is 5.97 Å². The zero-order chi connectivity index (χ0) is 11.3. The molecule has 0 saturated heterocycles. The van der Waals surface area contributed by atoms with Crippen LogP contribution >= 0.6 is 0 Å². The van der Waals surface area contributed by atoms with Gasteiger partial charge < -0.3 is 9.30 Å². The maximum atomic E-state index is 11.2. The predicted octanol–water partition coefficient (Wildman–Crippen LogP) is 0.962. The number of ether oxygens (including phenoxy) is 1. The van der Waals surface area contributed by atoms with Crippen LogP contribution in [-0.4, -0.2) is 17.1 Å². The molecule has 0 fully saturated rings. The number of esters is 1. The van der Waals surface area contributed by atoms with Crippen LogP contribution in [-0.2, 0) is 16.6 Å². The molecule has 0 atom stereocenters. The van der Waals surface area contributed by atoms with Gasteiger partial charge in [0.25, 0.3) is 5.56 Å². The normalized spacial score (nSPS) is 10.5. The van der Waals surface area contributed by atoms with Crippen LogP contribution in [0.5, 0.6) is 0 Å². The number of carbonyl (C=O) groups is 1. The first-order valence-electron chi connectivity index (χ1n) is 4.65. The summed E-state index contributed by atoms with van der Waals surface area (Å²) in [6.45, 7) is 2.09. The van der Waals surface area contributed by atoms with Crippen molar-refractivity contribution in [2.24, 2.45) is 7.05 Å². The molecule has 1 aromatic heterocycles. The third-order valence-electron chi connectivity index (χ3n) is 1.83. The SMILES string of the molecule is CCOC(=O)C=Cc1ccn(C)c(=O)c1. The fraction of sp³-hybridized carbons (Fsp3) is 0.273. The van der Waals surface area contributed by atoms with Crippen molar-refractivity contribution in [1.29, 1.82) is 0 Å². The third kappa shape index (κ3) is 3.42. The molecule has 1 heterocycles. The monoisotopic (exact) mass is 207 g/mol. The minimum atomic E-state index is -0.404. The van der Waals surface area contributed by atoms with Crippen LogP contribution in [0.4, 0.5) is 0 Å². The van der Waals surface area contributed by atoms with Crippen molar-refractivity contribution in [2.75, 3.05) is 6.61 Å². The van der Waals surface area contributed by atoms with Gasteiger partial charge >= 0.3 is 5.97 Å². The molecule has 0 bridgehead atoms. The van der Waals surface area contributed by atoms with E-state index in [0.29, 0.717) is 12.2 Å². The molecular weight excluding hydrogens is 194 g/mol. The molecule has 1 aromatic rings. The van der Waals surface area contributed by atoms with Gasteiger partial charge in [0.05, 0.1) is 6.61 Å². The van der Waals surface area contributed by atoms with E-state index >= 15 is 0 Å². The van der Waals surface area contributed by atoms with Gasteiger partial charge in [0, 0.05) is 25.4 Å². The van der Waals surface area contributed by atoms with Gasteiger partial charge in [-0.2, -0.15) is 0 Å². The number of hydrogen-bond donors (Lipinski definition) is 0. The van der Waals surface area contributed by atoms with Crippen molar-refractivity contribution in [3.8, 4) is 0 Å². The summed E-state index contributed by atoms with van der Waals surface area (Å²) in [6, 6.07) is 3.20. The molecule has 0 aliphatic heterocycles. The highest BCUT2D eigenvalue weighted by molar-refractivity contribution is 5.86. The van der Waals surface area contributed by atoms with Gasteiger partial charge in [-0.1, -0.05) is 0 Å². The molecular formula is C11H13NO3. The van der Waals surface area contributed by atoms with E-state index in [2.05, 4.69) is 0 Å². The lowest BCUT2D eigenvalue weighted by molar-refractivity contribution is -0.137. The van der Waals surface area contributed by atoms with Gasteiger partial charge in [0.1, 0.15) is 0 Å². The second-order valence-corrected chi connectivity index (χ2v) is 2.99. The first-order valence-corrected chi connectivity index (χ1v) is 4.65. The summed E-state index contributed by atoms with van der Waals surface area (Å²) >= 11 is 0. The average Bonchev–Trinajstić information content (AvgIpc) is 2.20. The maximum absolute atomic E-state index is 11.2. The van der Waals surface area contributed by atoms with Crippen LogP contribution in [0.15, 0.2) is 29.2 Å². The Kier molecular flexibility index (Phi) is 3.85. The Morgan fingerprint density at radius 2 is 2.33 bits per heavy atom. The highest BCUT2D eigenvalue weighted by atomic mass is 16.5. The molecule has 80 valence electrons. The lowest BCUT2D eigenvalue weighted by atomic mass is 10.2. The Morgan fingerprint density at radius 3 is 2.93 bits per heavy atom. The molecule has 0 radical (unpaired) electrons. The minimum Gasteiger partial charge on any atom is -0.463 e. The van der Waals surface area contributed by atoms with Crippen LogP contribution in [0.2, 0.25) is 0 Å². The van der Waals surface area contributed by atoms with E-state index in [9.17, 15) is 9.59 Å². The number of pyridine rings is 1.